The van der Waals surface area contributed by atoms with Crippen LogP contribution in [0.5, 0.6) is 0 Å². The second-order valence-corrected chi connectivity index (χ2v) is 10.8. The first-order chi connectivity index (χ1) is 7.22. The van der Waals surface area contributed by atoms with Crippen molar-refractivity contribution >= 4 is 8.32 Å². The van der Waals surface area contributed by atoms with E-state index in [9.17, 15) is 5.11 Å². The molecule has 1 aliphatic rings. The van der Waals surface area contributed by atoms with E-state index >= 15 is 0 Å². The molecule has 0 unspecified atom stereocenters. The molecule has 0 aromatic rings. The van der Waals surface area contributed by atoms with Crippen molar-refractivity contribution in [1.82, 2.24) is 0 Å². The van der Waals surface area contributed by atoms with E-state index in [1.54, 1.807) is 12.3 Å². The van der Waals surface area contributed by atoms with Crippen molar-refractivity contribution in [3.05, 3.63) is 12.3 Å². The molecule has 0 aromatic heterocycles. The summed E-state index contributed by atoms with van der Waals surface area (Å²) >= 11 is 0. The van der Waals surface area contributed by atoms with Crippen molar-refractivity contribution in [2.75, 3.05) is 6.61 Å². The van der Waals surface area contributed by atoms with E-state index < -0.39 is 8.32 Å². The van der Waals surface area contributed by atoms with E-state index in [-0.39, 0.29) is 17.2 Å². The summed E-state index contributed by atoms with van der Waals surface area (Å²) in [7, 11) is -1.70. The molecule has 0 fully saturated rings. The standard InChI is InChI=1S/C12H24O3Si/c1-12(2,3)16(4,5)15-9-11-8-10(13)6-7-14-11/h6-7,10-11,13H,8-9H2,1-5H3/t10-,11+/m1/s1. The van der Waals surface area contributed by atoms with Gasteiger partial charge >= 0.3 is 0 Å². The minimum Gasteiger partial charge on any atom is -0.496 e. The predicted molar refractivity (Wildman–Crippen MR) is 67.8 cm³/mol. The first-order valence-corrected chi connectivity index (χ1v) is 8.77. The molecule has 16 heavy (non-hydrogen) atoms. The highest BCUT2D eigenvalue weighted by molar-refractivity contribution is 6.74. The number of hydrogen-bond acceptors (Lipinski definition) is 3. The maximum atomic E-state index is 9.46. The van der Waals surface area contributed by atoms with Crippen LogP contribution >= 0.6 is 0 Å². The molecular formula is C12H24O3Si. The third-order valence-corrected chi connectivity index (χ3v) is 8.01. The first kappa shape index (κ1) is 13.7. The Kier molecular flexibility index (Phi) is 4.21. The Morgan fingerprint density at radius 2 is 2.06 bits per heavy atom. The topological polar surface area (TPSA) is 38.7 Å². The van der Waals surface area contributed by atoms with Crippen molar-refractivity contribution < 1.29 is 14.3 Å². The SMILES string of the molecule is CC(C)(C)[Si](C)(C)OC[C@@H]1C[C@H](O)C=CO1. The molecule has 3 nitrogen and oxygen atoms in total. The summed E-state index contributed by atoms with van der Waals surface area (Å²) in [6.07, 6.45) is 3.48. The Bertz CT molecular complexity index is 255. The Morgan fingerprint density at radius 1 is 1.44 bits per heavy atom. The molecule has 1 rings (SSSR count). The minimum atomic E-state index is -1.70. The quantitative estimate of drug-likeness (QED) is 0.776. The van der Waals surface area contributed by atoms with Gasteiger partial charge in [0.2, 0.25) is 0 Å². The molecule has 0 aliphatic carbocycles. The minimum absolute atomic E-state index is 0.00544. The molecule has 1 aliphatic heterocycles. The van der Waals surface area contributed by atoms with Crippen LogP contribution in [0, 0.1) is 0 Å². The smallest absolute Gasteiger partial charge is 0.192 e. The third kappa shape index (κ3) is 3.61. The molecule has 0 bridgehead atoms. The predicted octanol–water partition coefficient (Wildman–Crippen LogP) is 2.67. The average Bonchev–Trinajstić information content (AvgIpc) is 2.13. The van der Waals surface area contributed by atoms with Crippen LogP contribution in [0.25, 0.3) is 0 Å². The van der Waals surface area contributed by atoms with Crippen molar-refractivity contribution in [2.24, 2.45) is 0 Å². The summed E-state index contributed by atoms with van der Waals surface area (Å²) in [6, 6.07) is 0. The second-order valence-electron chi connectivity index (χ2n) is 5.96. The van der Waals surface area contributed by atoms with Crippen molar-refractivity contribution in [2.45, 2.75) is 57.5 Å². The fraction of sp³-hybridized carbons (Fsp3) is 0.833. The van der Waals surface area contributed by atoms with Gasteiger partial charge in [-0.3, -0.25) is 0 Å². The van der Waals surface area contributed by atoms with E-state index in [0.29, 0.717) is 13.0 Å². The highest BCUT2D eigenvalue weighted by Gasteiger charge is 2.37. The number of aliphatic hydroxyl groups excluding tert-OH is 1. The lowest BCUT2D eigenvalue weighted by Crippen LogP contribution is -2.43. The maximum absolute atomic E-state index is 9.46. The fourth-order valence-corrected chi connectivity index (χ4v) is 2.31. The maximum Gasteiger partial charge on any atom is 0.192 e. The highest BCUT2D eigenvalue weighted by atomic mass is 28.4. The van der Waals surface area contributed by atoms with Gasteiger partial charge in [0.25, 0.3) is 0 Å². The summed E-state index contributed by atoms with van der Waals surface area (Å²) < 4.78 is 11.5. The molecule has 0 saturated heterocycles. The number of aliphatic hydroxyl groups is 1. The Hall–Kier alpha value is -0.323. The fourth-order valence-electron chi connectivity index (χ4n) is 1.28. The molecule has 0 saturated carbocycles. The lowest BCUT2D eigenvalue weighted by Gasteiger charge is -2.37. The number of rotatable bonds is 3. The largest absolute Gasteiger partial charge is 0.496 e. The van der Waals surface area contributed by atoms with Gasteiger partial charge < -0.3 is 14.3 Å². The van der Waals surface area contributed by atoms with Crippen molar-refractivity contribution in [3.8, 4) is 0 Å². The Morgan fingerprint density at radius 3 is 2.56 bits per heavy atom. The van der Waals surface area contributed by atoms with Crippen molar-refractivity contribution in [1.29, 1.82) is 0 Å². The first-order valence-electron chi connectivity index (χ1n) is 5.86. The van der Waals surface area contributed by atoms with E-state index in [1.165, 1.54) is 0 Å². The van der Waals surface area contributed by atoms with Crippen LogP contribution in [0.2, 0.25) is 18.1 Å². The van der Waals surface area contributed by atoms with Gasteiger partial charge in [0.15, 0.2) is 8.32 Å². The van der Waals surface area contributed by atoms with E-state index in [1.807, 2.05) is 0 Å². The van der Waals surface area contributed by atoms with Gasteiger partial charge in [0.05, 0.1) is 19.0 Å². The van der Waals surface area contributed by atoms with Gasteiger partial charge in [-0.1, -0.05) is 20.8 Å². The van der Waals surface area contributed by atoms with Gasteiger partial charge in [-0.15, -0.1) is 0 Å². The molecule has 94 valence electrons. The summed E-state index contributed by atoms with van der Waals surface area (Å²) in [5.74, 6) is 0. The van der Waals surface area contributed by atoms with Crippen LogP contribution in [-0.2, 0) is 9.16 Å². The molecule has 0 spiro atoms. The van der Waals surface area contributed by atoms with Gasteiger partial charge in [-0.2, -0.15) is 0 Å². The van der Waals surface area contributed by atoms with Crippen LogP contribution in [0.15, 0.2) is 12.3 Å². The zero-order valence-corrected chi connectivity index (χ0v) is 12.0. The molecule has 4 heteroatoms. The summed E-state index contributed by atoms with van der Waals surface area (Å²) in [6.45, 7) is 11.7. The molecular weight excluding hydrogens is 220 g/mol. The lowest BCUT2D eigenvalue weighted by molar-refractivity contribution is 0.0290. The normalized spacial score (nSPS) is 26.6. The van der Waals surface area contributed by atoms with Crippen LogP contribution in [0.1, 0.15) is 27.2 Å². The van der Waals surface area contributed by atoms with Gasteiger partial charge in [0.1, 0.15) is 6.10 Å². The molecule has 1 heterocycles. The van der Waals surface area contributed by atoms with E-state index in [2.05, 4.69) is 33.9 Å². The zero-order chi connectivity index (χ0) is 12.4. The van der Waals surface area contributed by atoms with Crippen LogP contribution in [0.3, 0.4) is 0 Å². The summed E-state index contributed by atoms with van der Waals surface area (Å²) in [4.78, 5) is 0. The van der Waals surface area contributed by atoms with Gasteiger partial charge in [-0.25, -0.2) is 0 Å². The zero-order valence-electron chi connectivity index (χ0n) is 11.0. The Labute approximate surface area is 99.6 Å². The number of hydrogen-bond donors (Lipinski definition) is 1. The molecule has 1 N–H and O–H groups in total. The van der Waals surface area contributed by atoms with E-state index in [4.69, 9.17) is 9.16 Å². The summed E-state index contributed by atoms with van der Waals surface area (Å²) in [5.41, 5.74) is 0. The van der Waals surface area contributed by atoms with E-state index in [0.717, 1.165) is 0 Å². The summed E-state index contributed by atoms with van der Waals surface area (Å²) in [5, 5.41) is 9.68. The van der Waals surface area contributed by atoms with Crippen LogP contribution in [0.4, 0.5) is 0 Å². The number of ether oxygens (including phenoxy) is 1. The molecule has 2 atom stereocenters. The van der Waals surface area contributed by atoms with Crippen LogP contribution in [-0.4, -0.2) is 32.2 Å². The average molecular weight is 244 g/mol. The lowest BCUT2D eigenvalue weighted by atomic mass is 10.1. The monoisotopic (exact) mass is 244 g/mol. The van der Waals surface area contributed by atoms with Crippen LogP contribution < -0.4 is 0 Å². The van der Waals surface area contributed by atoms with Crippen molar-refractivity contribution in [3.63, 3.8) is 0 Å². The van der Waals surface area contributed by atoms with Gasteiger partial charge in [0, 0.05) is 6.42 Å². The molecule has 0 aromatic carbocycles. The Balaban J connectivity index is 2.43. The molecule has 0 radical (unpaired) electrons. The third-order valence-electron chi connectivity index (χ3n) is 3.51. The molecule has 0 amide bonds. The highest BCUT2D eigenvalue weighted by Crippen LogP contribution is 2.36. The van der Waals surface area contributed by atoms with Gasteiger partial charge in [-0.05, 0) is 24.2 Å². The second kappa shape index (κ2) is 4.90.